The Balaban J connectivity index is 1.59. The largest absolute Gasteiger partial charge is 0.391 e. The summed E-state index contributed by atoms with van der Waals surface area (Å²) in [5.74, 6) is -1.12. The maximum atomic E-state index is 13.0. The second-order valence-electron chi connectivity index (χ2n) is 7.87. The summed E-state index contributed by atoms with van der Waals surface area (Å²) in [6, 6.07) is 0.00915. The SMILES string of the molecule is FC(F)(F)[C@@H]1CCC[C@H](NCC2(N3CCCCC3)CCOCC2)C1. The molecule has 2 heterocycles. The zero-order valence-electron chi connectivity index (χ0n) is 14.5. The first kappa shape index (κ1) is 18.5. The van der Waals surface area contributed by atoms with Crippen LogP contribution < -0.4 is 5.32 Å². The maximum Gasteiger partial charge on any atom is 0.391 e. The van der Waals surface area contributed by atoms with Crippen molar-refractivity contribution < 1.29 is 17.9 Å². The Morgan fingerprint density at radius 1 is 1.00 bits per heavy atom. The summed E-state index contributed by atoms with van der Waals surface area (Å²) < 4.78 is 44.6. The number of halogens is 3. The lowest BCUT2D eigenvalue weighted by Gasteiger charge is -2.49. The van der Waals surface area contributed by atoms with Crippen molar-refractivity contribution in [2.45, 2.75) is 75.5 Å². The fraction of sp³-hybridized carbons (Fsp3) is 1.00. The highest BCUT2D eigenvalue weighted by atomic mass is 19.4. The fourth-order valence-corrected chi connectivity index (χ4v) is 4.73. The van der Waals surface area contributed by atoms with Gasteiger partial charge in [0.15, 0.2) is 0 Å². The molecule has 140 valence electrons. The van der Waals surface area contributed by atoms with Gasteiger partial charge in [-0.05, 0) is 58.0 Å². The third-order valence-corrected chi connectivity index (χ3v) is 6.31. The van der Waals surface area contributed by atoms with Gasteiger partial charge in [0.2, 0.25) is 0 Å². The number of alkyl halides is 3. The molecule has 3 fully saturated rings. The van der Waals surface area contributed by atoms with Crippen molar-refractivity contribution in [1.82, 2.24) is 10.2 Å². The molecule has 1 aliphatic carbocycles. The van der Waals surface area contributed by atoms with Crippen LogP contribution in [0.4, 0.5) is 13.2 Å². The molecule has 0 radical (unpaired) electrons. The van der Waals surface area contributed by atoms with Crippen LogP contribution in [0.2, 0.25) is 0 Å². The number of likely N-dealkylation sites (tertiary alicyclic amines) is 1. The van der Waals surface area contributed by atoms with Crippen molar-refractivity contribution in [1.29, 1.82) is 0 Å². The minimum absolute atomic E-state index is 0.00915. The molecule has 0 aromatic heterocycles. The first-order valence-corrected chi connectivity index (χ1v) is 9.62. The van der Waals surface area contributed by atoms with Crippen LogP contribution in [0, 0.1) is 5.92 Å². The van der Waals surface area contributed by atoms with Gasteiger partial charge in [-0.3, -0.25) is 4.90 Å². The summed E-state index contributed by atoms with van der Waals surface area (Å²) in [5.41, 5.74) is 0.0871. The maximum absolute atomic E-state index is 13.0. The summed E-state index contributed by atoms with van der Waals surface area (Å²) in [5, 5.41) is 3.53. The van der Waals surface area contributed by atoms with E-state index in [0.29, 0.717) is 12.8 Å². The van der Waals surface area contributed by atoms with Crippen LogP contribution in [0.25, 0.3) is 0 Å². The molecule has 0 unspecified atom stereocenters. The van der Waals surface area contributed by atoms with Crippen molar-refractivity contribution in [2.24, 2.45) is 5.92 Å². The molecule has 1 N–H and O–H groups in total. The fourth-order valence-electron chi connectivity index (χ4n) is 4.73. The minimum atomic E-state index is -4.04. The zero-order valence-corrected chi connectivity index (χ0v) is 14.5. The predicted octanol–water partition coefficient (Wildman–Crippen LogP) is 3.73. The van der Waals surface area contributed by atoms with E-state index in [2.05, 4.69) is 10.2 Å². The van der Waals surface area contributed by atoms with Gasteiger partial charge in [-0.1, -0.05) is 12.8 Å². The first-order chi connectivity index (χ1) is 11.5. The van der Waals surface area contributed by atoms with E-state index in [1.54, 1.807) is 0 Å². The van der Waals surface area contributed by atoms with Gasteiger partial charge in [0.05, 0.1) is 5.92 Å². The number of nitrogens with zero attached hydrogens (tertiary/aromatic N) is 1. The Hall–Kier alpha value is -0.330. The Kier molecular flexibility index (Phi) is 6.09. The molecule has 2 saturated heterocycles. The molecule has 3 aliphatic rings. The lowest BCUT2D eigenvalue weighted by Crippen LogP contribution is -2.60. The van der Waals surface area contributed by atoms with E-state index in [1.165, 1.54) is 19.3 Å². The average molecular weight is 348 g/mol. The van der Waals surface area contributed by atoms with E-state index in [0.717, 1.165) is 52.1 Å². The number of hydrogen-bond donors (Lipinski definition) is 1. The topological polar surface area (TPSA) is 24.5 Å². The van der Waals surface area contributed by atoms with Crippen molar-refractivity contribution in [3.63, 3.8) is 0 Å². The summed E-state index contributed by atoms with van der Waals surface area (Å²) in [6.07, 6.45) is 3.83. The summed E-state index contributed by atoms with van der Waals surface area (Å²) in [6.45, 7) is 4.60. The van der Waals surface area contributed by atoms with Crippen LogP contribution in [0.1, 0.15) is 57.8 Å². The predicted molar refractivity (Wildman–Crippen MR) is 88.0 cm³/mol. The number of piperidine rings is 1. The lowest BCUT2D eigenvalue weighted by atomic mass is 9.83. The number of ether oxygens (including phenoxy) is 1. The van der Waals surface area contributed by atoms with Crippen LogP contribution >= 0.6 is 0 Å². The normalized spacial score (nSPS) is 32.6. The average Bonchev–Trinajstić information content (AvgIpc) is 2.61. The number of rotatable bonds is 4. The van der Waals surface area contributed by atoms with Gasteiger partial charge in [0.25, 0.3) is 0 Å². The van der Waals surface area contributed by atoms with Gasteiger partial charge >= 0.3 is 6.18 Å². The van der Waals surface area contributed by atoms with E-state index in [4.69, 9.17) is 4.74 Å². The van der Waals surface area contributed by atoms with Crippen LogP contribution in [0.5, 0.6) is 0 Å². The van der Waals surface area contributed by atoms with E-state index in [1.807, 2.05) is 0 Å². The molecule has 0 amide bonds. The second kappa shape index (κ2) is 7.92. The minimum Gasteiger partial charge on any atom is -0.381 e. The Labute approximate surface area is 143 Å². The highest BCUT2D eigenvalue weighted by molar-refractivity contribution is 4.97. The van der Waals surface area contributed by atoms with E-state index < -0.39 is 12.1 Å². The van der Waals surface area contributed by atoms with E-state index >= 15 is 0 Å². The van der Waals surface area contributed by atoms with Crippen LogP contribution in [0.15, 0.2) is 0 Å². The van der Waals surface area contributed by atoms with Gasteiger partial charge in [-0.2, -0.15) is 13.2 Å². The Morgan fingerprint density at radius 3 is 2.38 bits per heavy atom. The van der Waals surface area contributed by atoms with Gasteiger partial charge in [-0.15, -0.1) is 0 Å². The van der Waals surface area contributed by atoms with Gasteiger partial charge in [-0.25, -0.2) is 0 Å². The highest BCUT2D eigenvalue weighted by Crippen LogP contribution is 2.38. The summed E-state index contributed by atoms with van der Waals surface area (Å²) >= 11 is 0. The van der Waals surface area contributed by atoms with E-state index in [9.17, 15) is 13.2 Å². The van der Waals surface area contributed by atoms with Crippen molar-refractivity contribution in [2.75, 3.05) is 32.8 Å². The van der Waals surface area contributed by atoms with Crippen molar-refractivity contribution in [3.05, 3.63) is 0 Å². The van der Waals surface area contributed by atoms with Crippen LogP contribution in [0.3, 0.4) is 0 Å². The molecule has 0 spiro atoms. The Morgan fingerprint density at radius 2 is 1.71 bits per heavy atom. The van der Waals surface area contributed by atoms with Crippen molar-refractivity contribution in [3.8, 4) is 0 Å². The molecule has 1 saturated carbocycles. The monoisotopic (exact) mass is 348 g/mol. The number of nitrogens with one attached hydrogen (secondary N) is 1. The van der Waals surface area contributed by atoms with Crippen LogP contribution in [-0.2, 0) is 4.74 Å². The van der Waals surface area contributed by atoms with Gasteiger partial charge in [0.1, 0.15) is 0 Å². The molecule has 6 heteroatoms. The number of hydrogen-bond acceptors (Lipinski definition) is 3. The van der Waals surface area contributed by atoms with Gasteiger partial charge in [0, 0.05) is 31.3 Å². The Bertz CT molecular complexity index is 390. The molecule has 3 rings (SSSR count). The molecule has 2 atom stereocenters. The molecule has 3 nitrogen and oxygen atoms in total. The quantitative estimate of drug-likeness (QED) is 0.838. The summed E-state index contributed by atoms with van der Waals surface area (Å²) in [4.78, 5) is 2.59. The van der Waals surface area contributed by atoms with Crippen molar-refractivity contribution >= 4 is 0 Å². The highest BCUT2D eigenvalue weighted by Gasteiger charge is 2.43. The van der Waals surface area contributed by atoms with Gasteiger partial charge < -0.3 is 10.1 Å². The van der Waals surface area contributed by atoms with Crippen LogP contribution in [-0.4, -0.2) is 55.5 Å². The molecular formula is C18H31F3N2O. The molecule has 0 aromatic carbocycles. The van der Waals surface area contributed by atoms with E-state index in [-0.39, 0.29) is 18.0 Å². The summed E-state index contributed by atoms with van der Waals surface area (Å²) in [7, 11) is 0. The molecule has 0 aromatic rings. The first-order valence-electron chi connectivity index (χ1n) is 9.62. The molecule has 24 heavy (non-hydrogen) atoms. The smallest absolute Gasteiger partial charge is 0.381 e. The third-order valence-electron chi connectivity index (χ3n) is 6.31. The third kappa shape index (κ3) is 4.44. The standard InChI is InChI=1S/C18H31F3N2O/c19-18(20,21)15-5-4-6-16(13-15)22-14-17(7-11-24-12-8-17)23-9-2-1-3-10-23/h15-16,22H,1-14H2/t15-,16+/m1/s1. The second-order valence-corrected chi connectivity index (χ2v) is 7.87. The molecule has 0 bridgehead atoms. The molecular weight excluding hydrogens is 317 g/mol. The lowest BCUT2D eigenvalue weighted by molar-refractivity contribution is -0.183. The molecule has 2 aliphatic heterocycles. The zero-order chi connectivity index (χ0) is 17.0.